The van der Waals surface area contributed by atoms with E-state index in [-0.39, 0.29) is 0 Å². The first-order chi connectivity index (χ1) is 9.75. The summed E-state index contributed by atoms with van der Waals surface area (Å²) in [6, 6.07) is 20.8. The van der Waals surface area contributed by atoms with Gasteiger partial charge in [-0.2, -0.15) is 0 Å². The second kappa shape index (κ2) is 7.30. The molecule has 0 N–H and O–H groups in total. The molecule has 20 heavy (non-hydrogen) atoms. The summed E-state index contributed by atoms with van der Waals surface area (Å²) >= 11 is 0. The lowest BCUT2D eigenvalue weighted by Crippen LogP contribution is -1.79. The van der Waals surface area contributed by atoms with E-state index in [1.54, 1.807) is 0 Å². The number of hydrogen-bond donors (Lipinski definition) is 0. The van der Waals surface area contributed by atoms with Gasteiger partial charge in [0.2, 0.25) is 0 Å². The van der Waals surface area contributed by atoms with Crippen LogP contribution in [0, 0.1) is 0 Å². The molecule has 2 aromatic carbocycles. The molecular formula is C20H20. The molecule has 100 valence electrons. The molecule has 0 atom stereocenters. The SMILES string of the molecule is CC(=C\C=C\c1ccccc1)/C(C)=C/c1ccccc1. The molecule has 0 amide bonds. The van der Waals surface area contributed by atoms with Crippen LogP contribution in [0.4, 0.5) is 0 Å². The van der Waals surface area contributed by atoms with Crippen LogP contribution >= 0.6 is 0 Å². The molecule has 0 bridgehead atoms. The Labute approximate surface area is 121 Å². The summed E-state index contributed by atoms with van der Waals surface area (Å²) in [5.74, 6) is 0. The van der Waals surface area contributed by atoms with Crippen LogP contribution in [-0.4, -0.2) is 0 Å². The van der Waals surface area contributed by atoms with Crippen LogP contribution in [0.1, 0.15) is 25.0 Å². The molecule has 0 unspecified atom stereocenters. The van der Waals surface area contributed by atoms with Crippen molar-refractivity contribution in [1.29, 1.82) is 0 Å². The van der Waals surface area contributed by atoms with Crippen molar-refractivity contribution in [2.45, 2.75) is 13.8 Å². The summed E-state index contributed by atoms with van der Waals surface area (Å²) in [4.78, 5) is 0. The average molecular weight is 260 g/mol. The molecule has 0 aliphatic rings. The monoisotopic (exact) mass is 260 g/mol. The highest BCUT2D eigenvalue weighted by molar-refractivity contribution is 5.58. The van der Waals surface area contributed by atoms with Crippen LogP contribution in [0.3, 0.4) is 0 Å². The predicted octanol–water partition coefficient (Wildman–Crippen LogP) is 5.75. The Morgan fingerprint density at radius 3 is 1.85 bits per heavy atom. The summed E-state index contributed by atoms with van der Waals surface area (Å²) in [6.45, 7) is 4.29. The molecule has 0 aliphatic carbocycles. The van der Waals surface area contributed by atoms with Crippen molar-refractivity contribution in [1.82, 2.24) is 0 Å². The van der Waals surface area contributed by atoms with Crippen molar-refractivity contribution in [3.63, 3.8) is 0 Å². The van der Waals surface area contributed by atoms with E-state index in [0.717, 1.165) is 0 Å². The van der Waals surface area contributed by atoms with Crippen molar-refractivity contribution >= 4 is 12.2 Å². The molecule has 2 aromatic rings. The zero-order valence-electron chi connectivity index (χ0n) is 12.1. The maximum Gasteiger partial charge on any atom is -0.0254 e. The number of benzene rings is 2. The molecule has 0 heterocycles. The molecule has 0 nitrogen and oxygen atoms in total. The highest BCUT2D eigenvalue weighted by atomic mass is 14.0. The maximum absolute atomic E-state index is 2.21. The first kappa shape index (κ1) is 14.1. The lowest BCUT2D eigenvalue weighted by molar-refractivity contribution is 1.36. The van der Waals surface area contributed by atoms with Crippen LogP contribution in [0.25, 0.3) is 12.2 Å². The fraction of sp³-hybridized carbons (Fsp3) is 0.100. The highest BCUT2D eigenvalue weighted by Crippen LogP contribution is 2.14. The van der Waals surface area contributed by atoms with E-state index < -0.39 is 0 Å². The largest absolute Gasteiger partial charge is 0.0622 e. The molecule has 0 heteroatoms. The van der Waals surface area contributed by atoms with Crippen molar-refractivity contribution in [3.05, 3.63) is 95.1 Å². The molecule has 0 fully saturated rings. The van der Waals surface area contributed by atoms with Crippen LogP contribution in [-0.2, 0) is 0 Å². The quantitative estimate of drug-likeness (QED) is 0.614. The van der Waals surface area contributed by atoms with Crippen molar-refractivity contribution in [2.75, 3.05) is 0 Å². The summed E-state index contributed by atoms with van der Waals surface area (Å²) < 4.78 is 0. The average Bonchev–Trinajstić information content (AvgIpc) is 2.49. The van der Waals surface area contributed by atoms with Gasteiger partial charge in [0.1, 0.15) is 0 Å². The van der Waals surface area contributed by atoms with Crippen LogP contribution in [0.5, 0.6) is 0 Å². The lowest BCUT2D eigenvalue weighted by Gasteiger charge is -2.01. The number of allylic oxidation sites excluding steroid dienone is 4. The summed E-state index contributed by atoms with van der Waals surface area (Å²) in [6.07, 6.45) is 8.59. The standard InChI is InChI=1S/C20H20/c1-17(10-9-15-19-11-5-3-6-12-19)18(2)16-20-13-7-4-8-14-20/h3-16H,1-2H3/b15-9+,17-10+,18-16+. The van der Waals surface area contributed by atoms with Gasteiger partial charge >= 0.3 is 0 Å². The van der Waals surface area contributed by atoms with Gasteiger partial charge in [-0.3, -0.25) is 0 Å². The maximum atomic E-state index is 2.21. The van der Waals surface area contributed by atoms with Crippen molar-refractivity contribution < 1.29 is 0 Å². The minimum Gasteiger partial charge on any atom is -0.0622 e. The third-order valence-corrected chi connectivity index (χ3v) is 3.24. The van der Waals surface area contributed by atoms with Gasteiger partial charge in [0, 0.05) is 0 Å². The van der Waals surface area contributed by atoms with Gasteiger partial charge in [0.25, 0.3) is 0 Å². The van der Waals surface area contributed by atoms with E-state index >= 15 is 0 Å². The Morgan fingerprint density at radius 2 is 1.25 bits per heavy atom. The molecule has 0 aliphatic heterocycles. The zero-order chi connectivity index (χ0) is 14.2. The van der Waals surface area contributed by atoms with E-state index in [1.807, 2.05) is 12.1 Å². The first-order valence-corrected chi connectivity index (χ1v) is 6.89. The predicted molar refractivity (Wildman–Crippen MR) is 89.3 cm³/mol. The van der Waals surface area contributed by atoms with Gasteiger partial charge in [0.05, 0.1) is 0 Å². The third-order valence-electron chi connectivity index (χ3n) is 3.24. The molecule has 0 saturated carbocycles. The van der Waals surface area contributed by atoms with Gasteiger partial charge < -0.3 is 0 Å². The van der Waals surface area contributed by atoms with Crippen molar-refractivity contribution in [3.8, 4) is 0 Å². The molecule has 0 aromatic heterocycles. The topological polar surface area (TPSA) is 0 Å². The van der Waals surface area contributed by atoms with Gasteiger partial charge in [-0.25, -0.2) is 0 Å². The van der Waals surface area contributed by atoms with Gasteiger partial charge in [0.15, 0.2) is 0 Å². The summed E-state index contributed by atoms with van der Waals surface area (Å²) in [5, 5.41) is 0. The third kappa shape index (κ3) is 4.40. The second-order valence-corrected chi connectivity index (χ2v) is 4.86. The molecule has 2 rings (SSSR count). The van der Waals surface area contributed by atoms with Crippen LogP contribution < -0.4 is 0 Å². The fourth-order valence-electron chi connectivity index (χ4n) is 1.91. The van der Waals surface area contributed by atoms with Gasteiger partial charge in [-0.15, -0.1) is 0 Å². The fourth-order valence-corrected chi connectivity index (χ4v) is 1.91. The minimum absolute atomic E-state index is 1.22. The Hall–Kier alpha value is -2.34. The normalized spacial score (nSPS) is 12.9. The molecular weight excluding hydrogens is 240 g/mol. The lowest BCUT2D eigenvalue weighted by atomic mass is 10.1. The summed E-state index contributed by atoms with van der Waals surface area (Å²) in [7, 11) is 0. The van der Waals surface area contributed by atoms with Crippen LogP contribution in [0.15, 0.2) is 84.0 Å². The highest BCUT2D eigenvalue weighted by Gasteiger charge is 1.92. The first-order valence-electron chi connectivity index (χ1n) is 6.89. The van der Waals surface area contributed by atoms with E-state index in [1.165, 1.54) is 22.3 Å². The Morgan fingerprint density at radius 1 is 0.700 bits per heavy atom. The van der Waals surface area contributed by atoms with Gasteiger partial charge in [-0.05, 0) is 36.1 Å². The Balaban J connectivity index is 2.07. The van der Waals surface area contributed by atoms with Crippen LogP contribution in [0.2, 0.25) is 0 Å². The van der Waals surface area contributed by atoms with Gasteiger partial charge in [-0.1, -0.05) is 85.0 Å². The second-order valence-electron chi connectivity index (χ2n) is 4.86. The van der Waals surface area contributed by atoms with E-state index in [0.29, 0.717) is 0 Å². The molecule has 0 spiro atoms. The smallest absolute Gasteiger partial charge is 0.0254 e. The Kier molecular flexibility index (Phi) is 5.14. The Bertz CT molecular complexity index is 614. The van der Waals surface area contributed by atoms with E-state index in [2.05, 4.69) is 86.7 Å². The summed E-state index contributed by atoms with van der Waals surface area (Å²) in [5.41, 5.74) is 5.03. The number of rotatable bonds is 4. The van der Waals surface area contributed by atoms with E-state index in [4.69, 9.17) is 0 Å². The molecule has 0 saturated heterocycles. The number of hydrogen-bond acceptors (Lipinski definition) is 0. The van der Waals surface area contributed by atoms with E-state index in [9.17, 15) is 0 Å². The minimum atomic E-state index is 1.22. The van der Waals surface area contributed by atoms with Crippen molar-refractivity contribution in [2.24, 2.45) is 0 Å². The molecule has 0 radical (unpaired) electrons. The zero-order valence-corrected chi connectivity index (χ0v) is 12.1.